The molecule has 0 saturated carbocycles. The van der Waals surface area contributed by atoms with Gasteiger partial charge in [-0.2, -0.15) is 0 Å². The zero-order chi connectivity index (χ0) is 26.3. The number of pyridine rings is 1. The average molecular weight is 530 g/mol. The van der Waals surface area contributed by atoms with Crippen LogP contribution in [0.25, 0.3) is 10.2 Å². The second-order valence-corrected chi connectivity index (χ2v) is 11.1. The van der Waals surface area contributed by atoms with Crippen molar-refractivity contribution in [2.75, 3.05) is 6.54 Å². The van der Waals surface area contributed by atoms with Crippen LogP contribution in [0.4, 0.5) is 0 Å². The van der Waals surface area contributed by atoms with Gasteiger partial charge in [-0.1, -0.05) is 55.3 Å². The van der Waals surface area contributed by atoms with E-state index in [-0.39, 0.29) is 17.4 Å². The Bertz CT molecular complexity index is 1400. The van der Waals surface area contributed by atoms with Crippen molar-refractivity contribution in [2.45, 2.75) is 71.1 Å². The number of rotatable bonds is 11. The minimum atomic E-state index is -0.0840. The van der Waals surface area contributed by atoms with Crippen molar-refractivity contribution < 1.29 is 9.53 Å². The van der Waals surface area contributed by atoms with Crippen molar-refractivity contribution in [3.05, 3.63) is 93.3 Å². The molecule has 1 aliphatic rings. The first-order valence-corrected chi connectivity index (χ1v) is 14.4. The highest BCUT2D eigenvalue weighted by Gasteiger charge is 2.31. The zero-order valence-corrected chi connectivity index (χ0v) is 22.8. The lowest BCUT2D eigenvalue weighted by Gasteiger charge is -2.23. The number of carbonyl (C=O) groups is 1. The Morgan fingerprint density at radius 1 is 1.03 bits per heavy atom. The molecule has 5 rings (SSSR count). The third kappa shape index (κ3) is 6.16. The number of nitrogens with zero attached hydrogens (tertiary/aromatic N) is 3. The molecule has 1 saturated heterocycles. The number of hydrogen-bond acceptors (Lipinski definition) is 5. The Labute approximate surface area is 227 Å². The maximum atomic E-state index is 13.0. The van der Waals surface area contributed by atoms with Crippen molar-refractivity contribution >= 4 is 27.5 Å². The second kappa shape index (κ2) is 12.4. The molecule has 2 aromatic carbocycles. The van der Waals surface area contributed by atoms with Crippen LogP contribution >= 0.6 is 11.3 Å². The van der Waals surface area contributed by atoms with Crippen LogP contribution < -0.4 is 10.2 Å². The third-order valence-electron chi connectivity index (χ3n) is 7.32. The number of amides is 1. The van der Waals surface area contributed by atoms with E-state index in [0.29, 0.717) is 18.8 Å². The summed E-state index contributed by atoms with van der Waals surface area (Å²) in [5, 5.41) is 1.07. The Kier molecular flexibility index (Phi) is 8.54. The largest absolute Gasteiger partial charge is 0.483 e. The molecule has 1 unspecified atom stereocenters. The van der Waals surface area contributed by atoms with E-state index in [4.69, 9.17) is 9.72 Å². The van der Waals surface area contributed by atoms with E-state index in [2.05, 4.69) is 15.5 Å². The quantitative estimate of drug-likeness (QED) is 0.204. The van der Waals surface area contributed by atoms with Gasteiger partial charge in [-0.3, -0.25) is 9.59 Å². The molecule has 6 nitrogen and oxygen atoms in total. The summed E-state index contributed by atoms with van der Waals surface area (Å²) in [6.45, 7) is 3.98. The van der Waals surface area contributed by atoms with E-state index < -0.39 is 0 Å². The molecule has 0 N–H and O–H groups in total. The normalized spacial score (nSPS) is 15.3. The summed E-state index contributed by atoms with van der Waals surface area (Å²) in [7, 11) is 0. The van der Waals surface area contributed by atoms with E-state index in [0.717, 1.165) is 73.4 Å². The number of carbonyl (C=O) groups excluding carboxylic acids is 1. The van der Waals surface area contributed by atoms with Gasteiger partial charge in [-0.25, -0.2) is 4.98 Å². The van der Waals surface area contributed by atoms with Crippen LogP contribution in [0, 0.1) is 6.92 Å². The van der Waals surface area contributed by atoms with Crippen LogP contribution in [0.5, 0.6) is 5.75 Å². The summed E-state index contributed by atoms with van der Waals surface area (Å²) in [4.78, 5) is 32.3. The minimum Gasteiger partial charge on any atom is -0.483 e. The number of benzene rings is 2. The summed E-state index contributed by atoms with van der Waals surface area (Å²) < 4.78 is 9.18. The molecule has 1 fully saturated rings. The summed E-state index contributed by atoms with van der Waals surface area (Å²) in [5.74, 6) is 0.679. The summed E-state index contributed by atoms with van der Waals surface area (Å²) in [5.41, 5.74) is 2.84. The molecule has 38 heavy (non-hydrogen) atoms. The Hall–Kier alpha value is -3.45. The standard InChI is InChI=1S/C31H35N3O3S/c1-23-30(37-22-24-12-5-4-6-13-24)27(35)18-21-33(23)19-10-3-2-7-17-29(36)34-20-11-15-26(34)31-32-25-14-8-9-16-28(25)38-31/h4-6,8-9,12-14,16,18,21,26H,2-3,7,10-11,15,17,19-20,22H2,1H3. The molecule has 7 heteroatoms. The number of aromatic nitrogens is 2. The fourth-order valence-electron chi connectivity index (χ4n) is 5.21. The molecule has 0 spiro atoms. The molecule has 3 heterocycles. The first-order chi connectivity index (χ1) is 18.6. The number of thiazole rings is 1. The molecule has 4 aromatic rings. The maximum Gasteiger partial charge on any atom is 0.223 e. The third-order valence-corrected chi connectivity index (χ3v) is 8.46. The van der Waals surface area contributed by atoms with Gasteiger partial charge in [0.1, 0.15) is 11.6 Å². The van der Waals surface area contributed by atoms with Crippen molar-refractivity contribution in [2.24, 2.45) is 0 Å². The molecular formula is C31H35N3O3S. The monoisotopic (exact) mass is 529 g/mol. The molecular weight excluding hydrogens is 494 g/mol. The van der Waals surface area contributed by atoms with Crippen LogP contribution in [0.2, 0.25) is 0 Å². The summed E-state index contributed by atoms with van der Waals surface area (Å²) in [6.07, 6.45) is 8.44. The number of hydrogen-bond donors (Lipinski definition) is 0. The van der Waals surface area contributed by atoms with Gasteiger partial charge >= 0.3 is 0 Å². The van der Waals surface area contributed by atoms with E-state index in [1.54, 1.807) is 17.4 Å². The van der Waals surface area contributed by atoms with Gasteiger partial charge in [0.25, 0.3) is 0 Å². The highest BCUT2D eigenvalue weighted by atomic mass is 32.1. The van der Waals surface area contributed by atoms with E-state index in [1.165, 1.54) is 4.70 Å². The van der Waals surface area contributed by atoms with Crippen LogP contribution in [-0.4, -0.2) is 26.9 Å². The highest BCUT2D eigenvalue weighted by Crippen LogP contribution is 2.36. The predicted octanol–water partition coefficient (Wildman–Crippen LogP) is 6.66. The average Bonchev–Trinajstić information content (AvgIpc) is 3.59. The topological polar surface area (TPSA) is 64.4 Å². The van der Waals surface area contributed by atoms with E-state index in [9.17, 15) is 9.59 Å². The van der Waals surface area contributed by atoms with Gasteiger partial charge in [0, 0.05) is 31.8 Å². The number of para-hydroxylation sites is 1. The second-order valence-electron chi connectivity index (χ2n) is 9.99. The molecule has 1 amide bonds. The lowest BCUT2D eigenvalue weighted by molar-refractivity contribution is -0.132. The van der Waals surface area contributed by atoms with Crippen LogP contribution in [-0.2, 0) is 17.9 Å². The molecule has 0 radical (unpaired) electrons. The van der Waals surface area contributed by atoms with Crippen molar-refractivity contribution in [1.82, 2.24) is 14.5 Å². The van der Waals surface area contributed by atoms with Gasteiger partial charge in [0.05, 0.1) is 22.0 Å². The Morgan fingerprint density at radius 3 is 2.66 bits per heavy atom. The van der Waals surface area contributed by atoms with Crippen molar-refractivity contribution in [1.29, 1.82) is 0 Å². The molecule has 1 aliphatic heterocycles. The molecule has 198 valence electrons. The number of ether oxygens (including phenoxy) is 1. The van der Waals surface area contributed by atoms with Crippen molar-refractivity contribution in [3.63, 3.8) is 0 Å². The first kappa shape index (κ1) is 26.2. The lowest BCUT2D eigenvalue weighted by atomic mass is 10.1. The molecule has 0 aliphatic carbocycles. The fraction of sp³-hybridized carbons (Fsp3) is 0.387. The fourth-order valence-corrected chi connectivity index (χ4v) is 6.33. The maximum absolute atomic E-state index is 13.0. The molecule has 0 bridgehead atoms. The van der Waals surface area contributed by atoms with Gasteiger partial charge in [0.15, 0.2) is 5.75 Å². The lowest BCUT2D eigenvalue weighted by Crippen LogP contribution is -2.30. The van der Waals surface area contributed by atoms with E-state index >= 15 is 0 Å². The number of likely N-dealkylation sites (tertiary alicyclic amines) is 1. The van der Waals surface area contributed by atoms with Gasteiger partial charge in [0.2, 0.25) is 11.3 Å². The summed E-state index contributed by atoms with van der Waals surface area (Å²) >= 11 is 1.72. The number of aryl methyl sites for hydroxylation is 1. The number of fused-ring (bicyclic) bond motifs is 1. The molecule has 1 atom stereocenters. The van der Waals surface area contributed by atoms with Gasteiger partial charge < -0.3 is 14.2 Å². The number of unbranched alkanes of at least 4 members (excludes halogenated alkanes) is 3. The van der Waals surface area contributed by atoms with Crippen LogP contribution in [0.3, 0.4) is 0 Å². The smallest absolute Gasteiger partial charge is 0.223 e. The zero-order valence-electron chi connectivity index (χ0n) is 22.0. The SMILES string of the molecule is Cc1c(OCc2ccccc2)c(=O)ccn1CCCCCCC(=O)N1CCCC1c1nc2ccccc2s1. The minimum absolute atomic E-state index is 0.0840. The first-order valence-electron chi connectivity index (χ1n) is 13.6. The van der Waals surface area contributed by atoms with Crippen molar-refractivity contribution in [3.8, 4) is 5.75 Å². The molecule has 2 aromatic heterocycles. The summed E-state index contributed by atoms with van der Waals surface area (Å²) in [6, 6.07) is 19.8. The predicted molar refractivity (Wildman–Crippen MR) is 153 cm³/mol. The van der Waals surface area contributed by atoms with Crippen LogP contribution in [0.1, 0.15) is 67.3 Å². The van der Waals surface area contributed by atoms with Gasteiger partial charge in [-0.05, 0) is 50.3 Å². The highest BCUT2D eigenvalue weighted by molar-refractivity contribution is 7.18. The Morgan fingerprint density at radius 2 is 1.82 bits per heavy atom. The Balaban J connectivity index is 1.07. The van der Waals surface area contributed by atoms with E-state index in [1.807, 2.05) is 61.7 Å². The van der Waals surface area contributed by atoms with Crippen LogP contribution in [0.15, 0.2) is 71.7 Å². The van der Waals surface area contributed by atoms with Gasteiger partial charge in [-0.15, -0.1) is 11.3 Å².